The second-order valence-corrected chi connectivity index (χ2v) is 9.70. The average Bonchev–Trinajstić information content (AvgIpc) is 3.14. The minimum atomic E-state index is -3.88. The first-order chi connectivity index (χ1) is 13.7. The Bertz CT molecular complexity index is 1200. The van der Waals surface area contributed by atoms with Gasteiger partial charge in [0.1, 0.15) is 11.9 Å². The highest BCUT2D eigenvalue weighted by Gasteiger charge is 2.40. The van der Waals surface area contributed by atoms with Crippen LogP contribution >= 0.6 is 22.9 Å². The number of hydrogen-bond acceptors (Lipinski definition) is 5. The number of thiazole rings is 1. The second kappa shape index (κ2) is 7.62. The van der Waals surface area contributed by atoms with Crippen LogP contribution in [0, 0.1) is 5.82 Å². The fraction of sp³-hybridized carbons (Fsp3) is 0.222. The molecule has 0 aliphatic carbocycles. The quantitative estimate of drug-likeness (QED) is 0.635. The molecule has 2 heterocycles. The van der Waals surface area contributed by atoms with Gasteiger partial charge in [-0.2, -0.15) is 17.4 Å². The number of benzene rings is 2. The molecule has 0 saturated carbocycles. The summed E-state index contributed by atoms with van der Waals surface area (Å²) >= 11 is 7.21. The van der Waals surface area contributed by atoms with E-state index in [-0.39, 0.29) is 17.1 Å². The smallest absolute Gasteiger partial charge is 0.280 e. The second-order valence-electron chi connectivity index (χ2n) is 6.64. The number of nitrogens with one attached hydrogen (secondary N) is 2. The number of anilines is 1. The molecule has 1 fully saturated rings. The lowest BCUT2D eigenvalue weighted by molar-refractivity contribution is -0.120. The van der Waals surface area contributed by atoms with Crippen LogP contribution in [0.1, 0.15) is 18.0 Å². The highest BCUT2D eigenvalue weighted by molar-refractivity contribution is 7.87. The molecule has 2 N–H and O–H groups in total. The molecule has 7 nitrogen and oxygen atoms in total. The molecule has 152 valence electrons. The molecule has 0 bridgehead atoms. The van der Waals surface area contributed by atoms with E-state index in [1.54, 1.807) is 11.6 Å². The number of nitrogens with zero attached hydrogens (tertiary/aromatic N) is 2. The molecule has 1 saturated heterocycles. The van der Waals surface area contributed by atoms with Gasteiger partial charge in [0, 0.05) is 18.8 Å². The van der Waals surface area contributed by atoms with E-state index < -0.39 is 34.0 Å². The third-order valence-corrected chi connectivity index (χ3v) is 7.49. The van der Waals surface area contributed by atoms with Gasteiger partial charge in [-0.15, -0.1) is 11.3 Å². The summed E-state index contributed by atoms with van der Waals surface area (Å²) in [6.07, 6.45) is 0.223. The number of likely N-dealkylation sites (N-methyl/N-ethyl adjacent to an activating group) is 1. The highest BCUT2D eigenvalue weighted by atomic mass is 35.5. The Morgan fingerprint density at radius 1 is 1.34 bits per heavy atom. The third-order valence-electron chi connectivity index (χ3n) is 4.82. The Morgan fingerprint density at radius 3 is 2.90 bits per heavy atom. The van der Waals surface area contributed by atoms with Gasteiger partial charge in [-0.25, -0.2) is 9.37 Å². The van der Waals surface area contributed by atoms with Crippen LogP contribution in [0.5, 0.6) is 0 Å². The SMILES string of the molecule is CN1C(C(=O)Nc2ccc(F)c(Cl)c2)CC(c2ccc3ncsc3c2)NS1(=O)=O. The van der Waals surface area contributed by atoms with Gasteiger partial charge in [0.25, 0.3) is 10.2 Å². The van der Waals surface area contributed by atoms with Gasteiger partial charge < -0.3 is 5.32 Å². The van der Waals surface area contributed by atoms with Crippen LogP contribution in [0.2, 0.25) is 5.02 Å². The summed E-state index contributed by atoms with van der Waals surface area (Å²) in [4.78, 5) is 17.0. The minimum Gasteiger partial charge on any atom is -0.325 e. The van der Waals surface area contributed by atoms with E-state index >= 15 is 0 Å². The first kappa shape index (κ1) is 20.2. The molecule has 1 aliphatic heterocycles. The summed E-state index contributed by atoms with van der Waals surface area (Å²) < 4.78 is 43.1. The molecule has 2 aromatic carbocycles. The van der Waals surface area contributed by atoms with Crippen LogP contribution in [0.15, 0.2) is 41.9 Å². The molecule has 2 unspecified atom stereocenters. The predicted molar refractivity (Wildman–Crippen MR) is 111 cm³/mol. The fourth-order valence-corrected chi connectivity index (χ4v) is 5.40. The van der Waals surface area contributed by atoms with E-state index in [9.17, 15) is 17.6 Å². The molecule has 29 heavy (non-hydrogen) atoms. The van der Waals surface area contributed by atoms with Gasteiger partial charge in [-0.1, -0.05) is 17.7 Å². The van der Waals surface area contributed by atoms with Crippen LogP contribution in [0.4, 0.5) is 10.1 Å². The molecule has 0 spiro atoms. The van der Waals surface area contributed by atoms with Crippen LogP contribution in [0.25, 0.3) is 10.2 Å². The van der Waals surface area contributed by atoms with Gasteiger partial charge >= 0.3 is 0 Å². The van der Waals surface area contributed by atoms with Gasteiger partial charge in [-0.05, 0) is 42.3 Å². The topological polar surface area (TPSA) is 91.4 Å². The maximum absolute atomic E-state index is 13.3. The maximum atomic E-state index is 13.3. The average molecular weight is 455 g/mol. The van der Waals surface area contributed by atoms with Crippen molar-refractivity contribution >= 4 is 55.0 Å². The molecule has 1 aromatic heterocycles. The Hall–Kier alpha value is -2.11. The Balaban J connectivity index is 1.61. The van der Waals surface area contributed by atoms with Crippen molar-refractivity contribution in [1.82, 2.24) is 14.0 Å². The van der Waals surface area contributed by atoms with E-state index in [0.717, 1.165) is 26.2 Å². The van der Waals surface area contributed by atoms with E-state index in [0.29, 0.717) is 0 Å². The Kier molecular flexibility index (Phi) is 5.30. The van der Waals surface area contributed by atoms with Crippen LogP contribution in [-0.2, 0) is 15.0 Å². The van der Waals surface area contributed by atoms with Crippen molar-refractivity contribution in [2.45, 2.75) is 18.5 Å². The van der Waals surface area contributed by atoms with E-state index in [1.807, 2.05) is 12.1 Å². The minimum absolute atomic E-state index is 0.134. The summed E-state index contributed by atoms with van der Waals surface area (Å²) in [5.41, 5.74) is 3.59. The van der Waals surface area contributed by atoms with Crippen molar-refractivity contribution in [3.8, 4) is 0 Å². The summed E-state index contributed by atoms with van der Waals surface area (Å²) in [6, 6.07) is 7.75. The lowest BCUT2D eigenvalue weighted by atomic mass is 9.99. The lowest BCUT2D eigenvalue weighted by Gasteiger charge is -2.36. The molecule has 4 rings (SSSR count). The monoisotopic (exact) mass is 454 g/mol. The maximum Gasteiger partial charge on any atom is 0.280 e. The fourth-order valence-electron chi connectivity index (χ4n) is 3.21. The Labute approximate surface area is 175 Å². The number of rotatable bonds is 3. The zero-order chi connectivity index (χ0) is 20.8. The Morgan fingerprint density at radius 2 is 2.14 bits per heavy atom. The standard InChI is InChI=1S/C18H16ClFN4O3S2/c1-24-16(18(25)22-11-3-4-13(20)12(19)7-11)8-15(23-29(24,26)27)10-2-5-14-17(6-10)28-9-21-14/h2-7,9,15-16,23H,8H2,1H3,(H,22,25). The molecule has 2 atom stereocenters. The van der Waals surface area contributed by atoms with Crippen molar-refractivity contribution in [3.05, 3.63) is 58.3 Å². The van der Waals surface area contributed by atoms with Crippen molar-refractivity contribution in [2.75, 3.05) is 12.4 Å². The van der Waals surface area contributed by atoms with Crippen LogP contribution < -0.4 is 10.0 Å². The molecular formula is C18H16ClFN4O3S2. The van der Waals surface area contributed by atoms with E-state index in [2.05, 4.69) is 15.0 Å². The third kappa shape index (κ3) is 3.99. The summed E-state index contributed by atoms with van der Waals surface area (Å²) in [7, 11) is -2.54. The van der Waals surface area contributed by atoms with E-state index in [1.165, 1.54) is 30.5 Å². The van der Waals surface area contributed by atoms with Gasteiger partial charge in [0.05, 0.1) is 20.7 Å². The highest BCUT2D eigenvalue weighted by Crippen LogP contribution is 2.31. The zero-order valence-corrected chi connectivity index (χ0v) is 17.5. The van der Waals surface area contributed by atoms with Crippen LogP contribution in [0.3, 0.4) is 0 Å². The number of carbonyl (C=O) groups is 1. The van der Waals surface area contributed by atoms with Crippen molar-refractivity contribution < 1.29 is 17.6 Å². The molecule has 1 amide bonds. The normalized spacial score (nSPS) is 21.9. The van der Waals surface area contributed by atoms with Gasteiger partial charge in [0.2, 0.25) is 5.91 Å². The van der Waals surface area contributed by atoms with E-state index in [4.69, 9.17) is 11.6 Å². The predicted octanol–water partition coefficient (Wildman–Crippen LogP) is 3.31. The van der Waals surface area contributed by atoms with Gasteiger partial charge in [-0.3, -0.25) is 4.79 Å². The zero-order valence-electron chi connectivity index (χ0n) is 15.1. The lowest BCUT2D eigenvalue weighted by Crippen LogP contribution is -2.55. The molecule has 1 aliphatic rings. The number of halogens is 2. The first-order valence-electron chi connectivity index (χ1n) is 8.59. The number of fused-ring (bicyclic) bond motifs is 1. The van der Waals surface area contributed by atoms with Crippen molar-refractivity contribution in [2.24, 2.45) is 0 Å². The number of aromatic nitrogens is 1. The number of hydrogen-bond donors (Lipinski definition) is 2. The molecular weight excluding hydrogens is 439 g/mol. The van der Waals surface area contributed by atoms with Gasteiger partial charge in [0.15, 0.2) is 0 Å². The molecule has 11 heteroatoms. The van der Waals surface area contributed by atoms with Crippen molar-refractivity contribution in [3.63, 3.8) is 0 Å². The largest absolute Gasteiger partial charge is 0.325 e. The summed E-state index contributed by atoms with van der Waals surface area (Å²) in [5, 5.41) is 2.48. The summed E-state index contributed by atoms with van der Waals surface area (Å²) in [6.45, 7) is 0. The number of carbonyl (C=O) groups excluding carboxylic acids is 1. The molecule has 3 aromatic rings. The summed E-state index contributed by atoms with van der Waals surface area (Å²) in [5.74, 6) is -1.13. The van der Waals surface area contributed by atoms with Crippen LogP contribution in [-0.4, -0.2) is 36.7 Å². The number of amides is 1. The molecule has 0 radical (unpaired) electrons. The van der Waals surface area contributed by atoms with Crippen molar-refractivity contribution in [1.29, 1.82) is 0 Å². The first-order valence-corrected chi connectivity index (χ1v) is 11.3.